The van der Waals surface area contributed by atoms with Crippen molar-refractivity contribution in [3.05, 3.63) is 48.0 Å². The van der Waals surface area contributed by atoms with E-state index in [0.29, 0.717) is 17.2 Å². The van der Waals surface area contributed by atoms with E-state index in [2.05, 4.69) is 5.32 Å². The Morgan fingerprint density at radius 3 is 2.23 bits per heavy atom. The van der Waals surface area contributed by atoms with Crippen molar-refractivity contribution < 1.29 is 22.7 Å². The van der Waals surface area contributed by atoms with Crippen molar-refractivity contribution in [2.45, 2.75) is 11.3 Å². The van der Waals surface area contributed by atoms with Crippen molar-refractivity contribution in [2.75, 3.05) is 33.6 Å². The van der Waals surface area contributed by atoms with Gasteiger partial charge in [-0.3, -0.25) is 4.79 Å². The van der Waals surface area contributed by atoms with Crippen LogP contribution in [-0.2, 0) is 21.2 Å². The molecule has 0 aromatic heterocycles. The van der Waals surface area contributed by atoms with Crippen molar-refractivity contribution in [1.82, 2.24) is 4.31 Å². The molecule has 0 radical (unpaired) electrons. The zero-order chi connectivity index (χ0) is 19.3. The first-order valence-electron chi connectivity index (χ1n) is 7.81. The predicted octanol–water partition coefficient (Wildman–Crippen LogP) is 2.14. The number of benzene rings is 2. The summed E-state index contributed by atoms with van der Waals surface area (Å²) in [5, 5.41) is 2.71. The molecule has 0 unspecified atom stereocenters. The molecule has 8 heteroatoms. The van der Waals surface area contributed by atoms with Crippen LogP contribution >= 0.6 is 0 Å². The molecule has 0 bridgehead atoms. The predicted molar refractivity (Wildman–Crippen MR) is 99.2 cm³/mol. The minimum atomic E-state index is -3.61. The van der Waals surface area contributed by atoms with Crippen LogP contribution in [0.25, 0.3) is 0 Å². The van der Waals surface area contributed by atoms with Crippen molar-refractivity contribution >= 4 is 21.6 Å². The monoisotopic (exact) mass is 378 g/mol. The van der Waals surface area contributed by atoms with Crippen LogP contribution in [0.1, 0.15) is 5.56 Å². The van der Waals surface area contributed by atoms with E-state index in [1.807, 2.05) is 0 Å². The summed E-state index contributed by atoms with van der Waals surface area (Å²) in [5.74, 6) is 0.802. The maximum atomic E-state index is 12.3. The summed E-state index contributed by atoms with van der Waals surface area (Å²) < 4.78 is 36.0. The molecule has 26 heavy (non-hydrogen) atoms. The molecule has 2 aromatic carbocycles. The summed E-state index contributed by atoms with van der Waals surface area (Å²) >= 11 is 0. The second kappa shape index (κ2) is 8.20. The lowest BCUT2D eigenvalue weighted by Gasteiger charge is -2.15. The van der Waals surface area contributed by atoms with Crippen molar-refractivity contribution in [1.29, 1.82) is 0 Å². The molecular weight excluding hydrogens is 356 g/mol. The van der Waals surface area contributed by atoms with Gasteiger partial charge in [0.1, 0.15) is 11.5 Å². The van der Waals surface area contributed by atoms with E-state index in [0.717, 1.165) is 9.87 Å². The fraction of sp³-hybridized carbons (Fsp3) is 0.278. The number of ether oxygens (including phenoxy) is 2. The minimum absolute atomic E-state index is 0.0723. The first-order chi connectivity index (χ1) is 12.3. The van der Waals surface area contributed by atoms with Gasteiger partial charge in [0.25, 0.3) is 0 Å². The standard InChI is InChI=1S/C18H22N2O5S/c1-20(2)26(22,23)15-9-10-17(25-4)16(12-15)19-18(21)11-13-5-7-14(24-3)8-6-13/h5-10,12H,11H2,1-4H3,(H,19,21). The SMILES string of the molecule is COc1ccc(CC(=O)Nc2cc(S(=O)(=O)N(C)C)ccc2OC)cc1. The van der Waals surface area contributed by atoms with Crippen LogP contribution in [0, 0.1) is 0 Å². The van der Waals surface area contributed by atoms with Gasteiger partial charge >= 0.3 is 0 Å². The number of nitrogens with zero attached hydrogens (tertiary/aromatic N) is 1. The van der Waals surface area contributed by atoms with E-state index >= 15 is 0 Å². The highest BCUT2D eigenvalue weighted by Crippen LogP contribution is 2.28. The van der Waals surface area contributed by atoms with Crippen molar-refractivity contribution in [3.63, 3.8) is 0 Å². The van der Waals surface area contributed by atoms with Gasteiger partial charge in [-0.2, -0.15) is 0 Å². The summed E-state index contributed by atoms with van der Waals surface area (Å²) in [4.78, 5) is 12.4. The summed E-state index contributed by atoms with van der Waals surface area (Å²) in [5.41, 5.74) is 1.10. The number of anilines is 1. The van der Waals surface area contributed by atoms with Crippen LogP contribution in [0.5, 0.6) is 11.5 Å². The molecule has 0 saturated heterocycles. The normalized spacial score (nSPS) is 11.3. The van der Waals surface area contributed by atoms with E-state index in [4.69, 9.17) is 9.47 Å². The van der Waals surface area contributed by atoms with Crippen LogP contribution in [0.15, 0.2) is 47.4 Å². The van der Waals surface area contributed by atoms with Crippen LogP contribution in [0.3, 0.4) is 0 Å². The zero-order valence-electron chi connectivity index (χ0n) is 15.1. The van der Waals surface area contributed by atoms with Gasteiger partial charge in [0.05, 0.1) is 31.2 Å². The molecule has 0 atom stereocenters. The second-order valence-corrected chi connectivity index (χ2v) is 7.87. The molecule has 1 amide bonds. The lowest BCUT2D eigenvalue weighted by molar-refractivity contribution is -0.115. The number of carbonyl (C=O) groups excluding carboxylic acids is 1. The summed E-state index contributed by atoms with van der Waals surface area (Å²) in [6.45, 7) is 0. The van der Waals surface area contributed by atoms with Crippen molar-refractivity contribution in [2.24, 2.45) is 0 Å². The Labute approximate surface area is 153 Å². The lowest BCUT2D eigenvalue weighted by Crippen LogP contribution is -2.22. The molecule has 0 saturated carbocycles. The summed E-state index contributed by atoms with van der Waals surface area (Å²) in [7, 11) is 2.30. The molecule has 2 aromatic rings. The number of methoxy groups -OCH3 is 2. The molecule has 0 spiro atoms. The number of carbonyl (C=O) groups is 1. The molecule has 0 aliphatic heterocycles. The number of rotatable bonds is 7. The van der Waals surface area contributed by atoms with Crippen LogP contribution in [-0.4, -0.2) is 46.9 Å². The van der Waals surface area contributed by atoms with Gasteiger partial charge in [0.15, 0.2) is 0 Å². The Bertz CT molecular complexity index is 877. The topological polar surface area (TPSA) is 84.9 Å². The van der Waals surface area contributed by atoms with E-state index in [1.165, 1.54) is 39.4 Å². The fourth-order valence-electron chi connectivity index (χ4n) is 2.28. The Morgan fingerprint density at radius 1 is 1.04 bits per heavy atom. The zero-order valence-corrected chi connectivity index (χ0v) is 16.0. The smallest absolute Gasteiger partial charge is 0.242 e. The van der Waals surface area contributed by atoms with E-state index in [1.54, 1.807) is 31.4 Å². The average molecular weight is 378 g/mol. The molecule has 140 valence electrons. The fourth-order valence-corrected chi connectivity index (χ4v) is 3.21. The highest BCUT2D eigenvalue weighted by Gasteiger charge is 2.19. The summed E-state index contributed by atoms with van der Waals surface area (Å²) in [6.07, 6.45) is 0.137. The highest BCUT2D eigenvalue weighted by atomic mass is 32.2. The molecule has 0 fully saturated rings. The quantitative estimate of drug-likeness (QED) is 0.798. The third-order valence-corrected chi connectivity index (χ3v) is 5.56. The molecule has 0 aliphatic carbocycles. The average Bonchev–Trinajstić information content (AvgIpc) is 2.62. The third-order valence-electron chi connectivity index (χ3n) is 3.75. The Balaban J connectivity index is 2.22. The van der Waals surface area contributed by atoms with Crippen molar-refractivity contribution in [3.8, 4) is 11.5 Å². The van der Waals surface area contributed by atoms with E-state index in [-0.39, 0.29) is 17.2 Å². The third kappa shape index (κ3) is 4.53. The number of hydrogen-bond donors (Lipinski definition) is 1. The number of amides is 1. The summed E-state index contributed by atoms with van der Waals surface area (Å²) in [6, 6.07) is 11.5. The first-order valence-corrected chi connectivity index (χ1v) is 9.25. The van der Waals surface area contributed by atoms with E-state index < -0.39 is 10.0 Å². The maximum Gasteiger partial charge on any atom is 0.242 e. The van der Waals surface area contributed by atoms with Gasteiger partial charge in [0, 0.05) is 14.1 Å². The molecule has 7 nitrogen and oxygen atoms in total. The molecule has 0 heterocycles. The molecule has 2 rings (SSSR count). The highest BCUT2D eigenvalue weighted by molar-refractivity contribution is 7.89. The van der Waals surface area contributed by atoms with E-state index in [9.17, 15) is 13.2 Å². The Kier molecular flexibility index (Phi) is 6.23. The largest absolute Gasteiger partial charge is 0.497 e. The van der Waals surface area contributed by atoms with Gasteiger partial charge in [-0.05, 0) is 35.9 Å². The van der Waals surface area contributed by atoms with Crippen LogP contribution in [0.4, 0.5) is 5.69 Å². The number of nitrogens with one attached hydrogen (secondary N) is 1. The minimum Gasteiger partial charge on any atom is -0.497 e. The van der Waals surface area contributed by atoms with Gasteiger partial charge in [-0.25, -0.2) is 12.7 Å². The number of hydrogen-bond acceptors (Lipinski definition) is 5. The number of sulfonamides is 1. The first kappa shape index (κ1) is 19.7. The molecular formula is C18H22N2O5S. The Hall–Kier alpha value is -2.58. The van der Waals surface area contributed by atoms with Crippen LogP contribution in [0.2, 0.25) is 0 Å². The Morgan fingerprint density at radius 2 is 1.69 bits per heavy atom. The van der Waals surface area contributed by atoms with Gasteiger partial charge in [-0.1, -0.05) is 12.1 Å². The maximum absolute atomic E-state index is 12.3. The van der Waals surface area contributed by atoms with Gasteiger partial charge < -0.3 is 14.8 Å². The second-order valence-electron chi connectivity index (χ2n) is 5.72. The molecule has 0 aliphatic rings. The molecule has 1 N–H and O–H groups in total. The van der Waals surface area contributed by atoms with Crippen LogP contribution < -0.4 is 14.8 Å². The lowest BCUT2D eigenvalue weighted by atomic mass is 10.1. The van der Waals surface area contributed by atoms with Gasteiger partial charge in [0.2, 0.25) is 15.9 Å². The van der Waals surface area contributed by atoms with Gasteiger partial charge in [-0.15, -0.1) is 0 Å².